The lowest BCUT2D eigenvalue weighted by atomic mass is 10.2. The number of amides is 1. The van der Waals surface area contributed by atoms with E-state index in [-0.39, 0.29) is 17.9 Å². The first-order valence-electron chi connectivity index (χ1n) is 8.28. The molecule has 3 heterocycles. The molecule has 0 aromatic carbocycles. The number of aryl methyl sites for hydroxylation is 1. The average molecular weight is 348 g/mol. The van der Waals surface area contributed by atoms with Crippen molar-refractivity contribution >= 4 is 17.5 Å². The molecular weight excluding hydrogens is 326 g/mol. The van der Waals surface area contributed by atoms with Gasteiger partial charge < -0.3 is 4.90 Å². The second-order valence-corrected chi connectivity index (χ2v) is 7.02. The Balaban J connectivity index is 1.82. The van der Waals surface area contributed by atoms with Gasteiger partial charge in [-0.3, -0.25) is 9.48 Å². The summed E-state index contributed by atoms with van der Waals surface area (Å²) in [4.78, 5) is 23.5. The fourth-order valence-electron chi connectivity index (χ4n) is 3.02. The molecule has 6 nitrogen and oxygen atoms in total. The third-order valence-corrected chi connectivity index (χ3v) is 4.56. The van der Waals surface area contributed by atoms with E-state index in [2.05, 4.69) is 15.1 Å². The van der Waals surface area contributed by atoms with Crippen molar-refractivity contribution < 1.29 is 4.79 Å². The number of aromatic nitrogens is 4. The molecule has 3 rings (SSSR count). The number of carbonyl (C=O) groups excluding carboxylic acids is 1. The first kappa shape index (κ1) is 16.9. The zero-order valence-electron chi connectivity index (χ0n) is 14.2. The van der Waals surface area contributed by atoms with E-state index < -0.39 is 0 Å². The largest absolute Gasteiger partial charge is 0.332 e. The van der Waals surface area contributed by atoms with Gasteiger partial charge in [0.1, 0.15) is 5.82 Å². The van der Waals surface area contributed by atoms with Crippen LogP contribution >= 0.6 is 11.6 Å². The number of hydrogen-bond donors (Lipinski definition) is 0. The van der Waals surface area contributed by atoms with Crippen molar-refractivity contribution in [1.29, 1.82) is 0 Å². The molecule has 1 aliphatic heterocycles. The molecule has 0 unspecified atom stereocenters. The molecule has 2 aromatic heterocycles. The summed E-state index contributed by atoms with van der Waals surface area (Å²) in [5.41, 5.74) is 1.42. The molecule has 24 heavy (non-hydrogen) atoms. The Morgan fingerprint density at radius 2 is 2.21 bits per heavy atom. The van der Waals surface area contributed by atoms with Crippen molar-refractivity contribution in [3.05, 3.63) is 40.7 Å². The van der Waals surface area contributed by atoms with Gasteiger partial charge >= 0.3 is 0 Å². The first-order chi connectivity index (χ1) is 11.5. The van der Waals surface area contributed by atoms with Gasteiger partial charge in [0.05, 0.1) is 30.0 Å². The minimum absolute atomic E-state index is 0.115. The number of rotatable bonds is 4. The van der Waals surface area contributed by atoms with E-state index in [0.29, 0.717) is 23.1 Å². The second kappa shape index (κ2) is 6.89. The van der Waals surface area contributed by atoms with Crippen molar-refractivity contribution in [1.82, 2.24) is 24.6 Å². The topological polar surface area (TPSA) is 63.9 Å². The van der Waals surface area contributed by atoms with Gasteiger partial charge in [-0.2, -0.15) is 5.10 Å². The monoisotopic (exact) mass is 347 g/mol. The molecule has 1 atom stereocenters. The van der Waals surface area contributed by atoms with Crippen LogP contribution in [0.5, 0.6) is 0 Å². The molecule has 0 bridgehead atoms. The SMILES string of the molecule is Cc1cnn(C[C@@H]2CCCN2C(=O)c2nc(C(C)C)ncc2Cl)c1. The molecule has 1 fully saturated rings. The van der Waals surface area contributed by atoms with Crippen LogP contribution in [0.4, 0.5) is 0 Å². The molecule has 0 radical (unpaired) electrons. The molecule has 0 saturated carbocycles. The number of halogens is 1. The van der Waals surface area contributed by atoms with Crippen LogP contribution in [0.2, 0.25) is 5.02 Å². The predicted octanol–water partition coefficient (Wildman–Crippen LogP) is 3.06. The van der Waals surface area contributed by atoms with Gasteiger partial charge in [-0.1, -0.05) is 25.4 Å². The molecule has 1 aliphatic rings. The Kier molecular flexibility index (Phi) is 4.85. The molecule has 0 N–H and O–H groups in total. The fourth-order valence-corrected chi connectivity index (χ4v) is 3.19. The average Bonchev–Trinajstić information content (AvgIpc) is 3.16. The summed E-state index contributed by atoms with van der Waals surface area (Å²) in [7, 11) is 0. The Morgan fingerprint density at radius 3 is 2.88 bits per heavy atom. The number of nitrogens with zero attached hydrogens (tertiary/aromatic N) is 5. The van der Waals surface area contributed by atoms with Crippen molar-refractivity contribution in [3.8, 4) is 0 Å². The van der Waals surface area contributed by atoms with Crippen LogP contribution in [-0.2, 0) is 6.54 Å². The second-order valence-electron chi connectivity index (χ2n) is 6.61. The van der Waals surface area contributed by atoms with Crippen molar-refractivity contribution in [2.75, 3.05) is 6.54 Å². The molecule has 1 amide bonds. The highest BCUT2D eigenvalue weighted by atomic mass is 35.5. The highest BCUT2D eigenvalue weighted by Gasteiger charge is 2.32. The van der Waals surface area contributed by atoms with E-state index in [1.165, 1.54) is 6.20 Å². The highest BCUT2D eigenvalue weighted by Crippen LogP contribution is 2.24. The number of likely N-dealkylation sites (tertiary alicyclic amines) is 1. The third-order valence-electron chi connectivity index (χ3n) is 4.28. The summed E-state index contributed by atoms with van der Waals surface area (Å²) in [6, 6.07) is 0.116. The van der Waals surface area contributed by atoms with Crippen LogP contribution in [0.3, 0.4) is 0 Å². The molecule has 0 aliphatic carbocycles. The van der Waals surface area contributed by atoms with Gasteiger partial charge in [0, 0.05) is 18.7 Å². The molecule has 2 aromatic rings. The van der Waals surface area contributed by atoms with E-state index in [4.69, 9.17) is 11.6 Å². The Labute approximate surface area is 146 Å². The van der Waals surface area contributed by atoms with Crippen LogP contribution in [0.25, 0.3) is 0 Å². The number of carbonyl (C=O) groups is 1. The Hall–Kier alpha value is -1.95. The van der Waals surface area contributed by atoms with Crippen LogP contribution in [0, 0.1) is 6.92 Å². The van der Waals surface area contributed by atoms with E-state index in [1.807, 2.05) is 42.7 Å². The van der Waals surface area contributed by atoms with Crippen molar-refractivity contribution in [3.63, 3.8) is 0 Å². The summed E-state index contributed by atoms with van der Waals surface area (Å²) in [5.74, 6) is 0.673. The minimum atomic E-state index is -0.115. The van der Waals surface area contributed by atoms with Crippen LogP contribution in [-0.4, -0.2) is 43.1 Å². The van der Waals surface area contributed by atoms with Gasteiger partial charge in [-0.15, -0.1) is 0 Å². The van der Waals surface area contributed by atoms with Gasteiger partial charge in [0.15, 0.2) is 5.69 Å². The normalized spacial score (nSPS) is 17.7. The highest BCUT2D eigenvalue weighted by molar-refractivity contribution is 6.33. The Morgan fingerprint density at radius 1 is 1.42 bits per heavy atom. The lowest BCUT2D eigenvalue weighted by molar-refractivity contribution is 0.0715. The summed E-state index contributed by atoms with van der Waals surface area (Å²) in [5, 5.41) is 4.64. The summed E-state index contributed by atoms with van der Waals surface area (Å²) < 4.78 is 1.90. The quantitative estimate of drug-likeness (QED) is 0.852. The maximum Gasteiger partial charge on any atom is 0.274 e. The smallest absolute Gasteiger partial charge is 0.274 e. The van der Waals surface area contributed by atoms with Crippen molar-refractivity contribution in [2.24, 2.45) is 0 Å². The molecule has 7 heteroatoms. The molecule has 0 spiro atoms. The van der Waals surface area contributed by atoms with E-state index in [0.717, 1.165) is 24.9 Å². The van der Waals surface area contributed by atoms with Gasteiger partial charge in [0.25, 0.3) is 5.91 Å². The van der Waals surface area contributed by atoms with Crippen molar-refractivity contribution in [2.45, 2.75) is 52.1 Å². The van der Waals surface area contributed by atoms with Gasteiger partial charge in [-0.05, 0) is 25.3 Å². The lowest BCUT2D eigenvalue weighted by Gasteiger charge is -2.25. The fraction of sp³-hybridized carbons (Fsp3) is 0.529. The Bertz CT molecular complexity index is 742. The zero-order valence-corrected chi connectivity index (χ0v) is 15.0. The van der Waals surface area contributed by atoms with E-state index in [1.54, 1.807) is 0 Å². The van der Waals surface area contributed by atoms with Gasteiger partial charge in [0.2, 0.25) is 0 Å². The summed E-state index contributed by atoms with van der Waals surface area (Å²) in [6.45, 7) is 7.42. The maximum absolute atomic E-state index is 13.0. The van der Waals surface area contributed by atoms with E-state index in [9.17, 15) is 4.79 Å². The molecule has 128 valence electrons. The standard InChI is InChI=1S/C17H22ClN5O/c1-11(2)16-19-8-14(18)15(21-16)17(24)23-6-4-5-13(23)10-22-9-12(3)7-20-22/h7-9,11,13H,4-6,10H2,1-3H3/t13-/m0/s1. The molecule has 1 saturated heterocycles. The summed E-state index contributed by atoms with van der Waals surface area (Å²) in [6.07, 6.45) is 7.30. The first-order valence-corrected chi connectivity index (χ1v) is 8.66. The van der Waals surface area contributed by atoms with Crippen LogP contribution in [0.15, 0.2) is 18.6 Å². The third kappa shape index (κ3) is 3.43. The zero-order chi connectivity index (χ0) is 17.3. The summed E-state index contributed by atoms with van der Waals surface area (Å²) >= 11 is 6.20. The van der Waals surface area contributed by atoms with Crippen LogP contribution in [0.1, 0.15) is 54.5 Å². The number of hydrogen-bond acceptors (Lipinski definition) is 4. The predicted molar refractivity (Wildman–Crippen MR) is 92.2 cm³/mol. The van der Waals surface area contributed by atoms with Gasteiger partial charge in [-0.25, -0.2) is 9.97 Å². The lowest BCUT2D eigenvalue weighted by Crippen LogP contribution is -2.39. The minimum Gasteiger partial charge on any atom is -0.332 e. The van der Waals surface area contributed by atoms with E-state index >= 15 is 0 Å². The van der Waals surface area contributed by atoms with Crippen LogP contribution < -0.4 is 0 Å². The maximum atomic E-state index is 13.0. The molecular formula is C17H22ClN5O.